The zero-order valence-electron chi connectivity index (χ0n) is 9.84. The van der Waals surface area contributed by atoms with Gasteiger partial charge in [0, 0.05) is 10.9 Å². The highest BCUT2D eigenvalue weighted by Gasteiger charge is 2.03. The fourth-order valence-corrected chi connectivity index (χ4v) is 1.72. The summed E-state index contributed by atoms with van der Waals surface area (Å²) in [6.07, 6.45) is 5.38. The molecule has 0 radical (unpaired) electrons. The van der Waals surface area contributed by atoms with Crippen LogP contribution in [-0.4, -0.2) is 0 Å². The smallest absolute Gasteiger partial charge is 0.124 e. The van der Waals surface area contributed by atoms with Crippen molar-refractivity contribution in [1.29, 1.82) is 0 Å². The normalized spacial score (nSPS) is 9.19. The first kappa shape index (κ1) is 12.3. The summed E-state index contributed by atoms with van der Waals surface area (Å²) in [7, 11) is 0. The summed E-state index contributed by atoms with van der Waals surface area (Å²) in [4.78, 5) is 0. The molecule has 0 unspecified atom stereocenters. The zero-order chi connectivity index (χ0) is 12.1. The van der Waals surface area contributed by atoms with Crippen molar-refractivity contribution in [3.63, 3.8) is 0 Å². The molecule has 0 nitrogen and oxygen atoms in total. The van der Waals surface area contributed by atoms with Crippen LogP contribution in [0.1, 0.15) is 25.0 Å². The average molecular weight is 214 g/mol. The Morgan fingerprint density at radius 2 is 1.88 bits per heavy atom. The van der Waals surface area contributed by atoms with Gasteiger partial charge in [-0.25, -0.2) is 4.39 Å². The molecule has 1 heteroatoms. The fourth-order valence-electron chi connectivity index (χ4n) is 1.72. The van der Waals surface area contributed by atoms with Crippen molar-refractivity contribution in [3.05, 3.63) is 47.3 Å². The van der Waals surface area contributed by atoms with Crippen LogP contribution in [0.3, 0.4) is 0 Å². The van der Waals surface area contributed by atoms with Crippen molar-refractivity contribution < 1.29 is 4.39 Å². The van der Waals surface area contributed by atoms with Gasteiger partial charge in [0.05, 0.1) is 0 Å². The van der Waals surface area contributed by atoms with Crippen LogP contribution >= 0.6 is 0 Å². The minimum atomic E-state index is -0.218. The monoisotopic (exact) mass is 214 g/mol. The molecule has 0 atom stereocenters. The highest BCUT2D eigenvalue weighted by atomic mass is 19.1. The van der Waals surface area contributed by atoms with Crippen molar-refractivity contribution in [2.24, 2.45) is 0 Å². The van der Waals surface area contributed by atoms with Crippen LogP contribution in [0.4, 0.5) is 4.39 Å². The van der Waals surface area contributed by atoms with Gasteiger partial charge in [-0.1, -0.05) is 31.9 Å². The van der Waals surface area contributed by atoms with Gasteiger partial charge in [0.15, 0.2) is 0 Å². The van der Waals surface area contributed by atoms with Crippen LogP contribution in [0, 0.1) is 25.1 Å². The molecule has 0 amide bonds. The molecule has 0 bridgehead atoms. The summed E-state index contributed by atoms with van der Waals surface area (Å²) in [5.41, 5.74) is 1.70. The van der Waals surface area contributed by atoms with Gasteiger partial charge < -0.3 is 0 Å². The third-order valence-corrected chi connectivity index (χ3v) is 2.29. The summed E-state index contributed by atoms with van der Waals surface area (Å²) in [5.74, 6) is 2.39. The Morgan fingerprint density at radius 3 is 2.50 bits per heavy atom. The molecule has 0 aliphatic rings. The number of hydrogen-bond donors (Lipinski definition) is 0. The summed E-state index contributed by atoms with van der Waals surface area (Å²) in [6.45, 7) is 5.87. The van der Waals surface area contributed by atoms with Crippen LogP contribution in [0.5, 0.6) is 0 Å². The molecule has 0 aromatic heterocycles. The van der Waals surface area contributed by atoms with E-state index in [1.54, 1.807) is 0 Å². The number of aryl methyl sites for hydroxylation is 1. The average Bonchev–Trinajstić information content (AvgIpc) is 2.30. The van der Waals surface area contributed by atoms with Gasteiger partial charge in [-0.2, -0.15) is 0 Å². The predicted molar refractivity (Wildman–Crippen MR) is 67.9 cm³/mol. The predicted octanol–water partition coefficient (Wildman–Crippen LogP) is 4.29. The molecule has 0 heterocycles. The molecular weight excluding hydrogens is 199 g/mol. The minimum absolute atomic E-state index is 0.218. The second kappa shape index (κ2) is 5.32. The molecule has 0 aliphatic carbocycles. The van der Waals surface area contributed by atoms with Crippen LogP contribution < -0.4 is 0 Å². The van der Waals surface area contributed by atoms with Crippen LogP contribution in [0.2, 0.25) is 0 Å². The fraction of sp³-hybridized carbons (Fsp3) is 0.200. The largest absolute Gasteiger partial charge is 0.207 e. The molecule has 2 aromatic rings. The highest BCUT2D eigenvalue weighted by molar-refractivity contribution is 5.90. The molecule has 0 saturated carbocycles. The van der Waals surface area contributed by atoms with Crippen molar-refractivity contribution in [2.75, 3.05) is 0 Å². The maximum absolute atomic E-state index is 13.1. The number of halogens is 1. The highest BCUT2D eigenvalue weighted by Crippen LogP contribution is 2.23. The second-order valence-corrected chi connectivity index (χ2v) is 3.27. The van der Waals surface area contributed by atoms with Gasteiger partial charge in [0.1, 0.15) is 5.82 Å². The first-order chi connectivity index (χ1) is 7.72. The van der Waals surface area contributed by atoms with Crippen LogP contribution in [0.15, 0.2) is 30.3 Å². The number of fused-ring (bicyclic) bond motifs is 1. The Balaban J connectivity index is 0.000000606. The molecular formula is C15H15F. The molecule has 0 fully saturated rings. The van der Waals surface area contributed by atoms with Crippen molar-refractivity contribution >= 4 is 10.8 Å². The third kappa shape index (κ3) is 2.23. The van der Waals surface area contributed by atoms with E-state index in [1.165, 1.54) is 12.1 Å². The van der Waals surface area contributed by atoms with E-state index in [4.69, 9.17) is 6.42 Å². The SMILES string of the molecule is C#Cc1cccc2cc(F)cc(C)c12.CC. The van der Waals surface area contributed by atoms with Gasteiger partial charge in [-0.15, -0.1) is 6.42 Å². The molecule has 0 saturated heterocycles. The van der Waals surface area contributed by atoms with E-state index in [1.807, 2.05) is 39.0 Å². The molecule has 16 heavy (non-hydrogen) atoms. The summed E-state index contributed by atoms with van der Waals surface area (Å²) < 4.78 is 13.1. The molecule has 2 aromatic carbocycles. The third-order valence-electron chi connectivity index (χ3n) is 2.29. The lowest BCUT2D eigenvalue weighted by atomic mass is 10.0. The zero-order valence-corrected chi connectivity index (χ0v) is 9.84. The summed E-state index contributed by atoms with van der Waals surface area (Å²) in [5, 5.41) is 1.83. The van der Waals surface area contributed by atoms with E-state index >= 15 is 0 Å². The molecule has 0 spiro atoms. The number of benzene rings is 2. The first-order valence-corrected chi connectivity index (χ1v) is 5.38. The molecule has 82 valence electrons. The van der Waals surface area contributed by atoms with Crippen molar-refractivity contribution in [2.45, 2.75) is 20.8 Å². The van der Waals surface area contributed by atoms with E-state index in [0.717, 1.165) is 21.9 Å². The van der Waals surface area contributed by atoms with E-state index in [9.17, 15) is 4.39 Å². The Hall–Kier alpha value is -1.81. The summed E-state index contributed by atoms with van der Waals surface area (Å²) in [6, 6.07) is 8.59. The van der Waals surface area contributed by atoms with E-state index in [-0.39, 0.29) is 5.82 Å². The maximum atomic E-state index is 13.1. The van der Waals surface area contributed by atoms with Gasteiger partial charge in [-0.3, -0.25) is 0 Å². The quantitative estimate of drug-likeness (QED) is 0.574. The van der Waals surface area contributed by atoms with Gasteiger partial charge >= 0.3 is 0 Å². The van der Waals surface area contributed by atoms with Crippen molar-refractivity contribution in [3.8, 4) is 12.3 Å². The van der Waals surface area contributed by atoms with E-state index < -0.39 is 0 Å². The number of rotatable bonds is 0. The second-order valence-electron chi connectivity index (χ2n) is 3.27. The van der Waals surface area contributed by atoms with Gasteiger partial charge in [0.2, 0.25) is 0 Å². The Morgan fingerprint density at radius 1 is 1.19 bits per heavy atom. The lowest BCUT2D eigenvalue weighted by molar-refractivity contribution is 0.628. The minimum Gasteiger partial charge on any atom is -0.207 e. The van der Waals surface area contributed by atoms with Gasteiger partial charge in [-0.05, 0) is 36.1 Å². The Bertz CT molecular complexity index is 533. The van der Waals surface area contributed by atoms with Crippen LogP contribution in [0.25, 0.3) is 10.8 Å². The number of hydrogen-bond acceptors (Lipinski definition) is 0. The molecule has 0 aliphatic heterocycles. The standard InChI is InChI=1S/C13H9F.C2H6/c1-3-10-5-4-6-11-8-12(14)7-9(2)13(10)11;1-2/h1,4-8H,2H3;1-2H3. The molecule has 2 rings (SSSR count). The molecule has 0 N–H and O–H groups in total. The lowest BCUT2D eigenvalue weighted by Gasteiger charge is -2.04. The van der Waals surface area contributed by atoms with E-state index in [0.29, 0.717) is 0 Å². The van der Waals surface area contributed by atoms with Crippen LogP contribution in [-0.2, 0) is 0 Å². The van der Waals surface area contributed by atoms with E-state index in [2.05, 4.69) is 5.92 Å². The maximum Gasteiger partial charge on any atom is 0.124 e. The lowest BCUT2D eigenvalue weighted by Crippen LogP contribution is -1.86. The van der Waals surface area contributed by atoms with Crippen molar-refractivity contribution in [1.82, 2.24) is 0 Å². The number of terminal acetylenes is 1. The summed E-state index contributed by atoms with van der Waals surface area (Å²) >= 11 is 0. The Kier molecular flexibility index (Phi) is 4.08. The first-order valence-electron chi connectivity index (χ1n) is 5.38. The van der Waals surface area contributed by atoms with Gasteiger partial charge in [0.25, 0.3) is 0 Å². The Labute approximate surface area is 96.1 Å². The topological polar surface area (TPSA) is 0 Å².